The highest BCUT2D eigenvalue weighted by Gasteiger charge is 2.05. The molecule has 0 bridgehead atoms. The minimum absolute atomic E-state index is 0.0774. The number of hydrogen-bond donors (Lipinski definition) is 0. The molecule has 0 saturated heterocycles. The van der Waals surface area contributed by atoms with Gasteiger partial charge in [0.05, 0.1) is 29.3 Å². The molecule has 0 saturated carbocycles. The molecule has 0 aliphatic carbocycles. The van der Waals surface area contributed by atoms with Gasteiger partial charge in [-0.15, -0.1) is 0 Å². The summed E-state index contributed by atoms with van der Waals surface area (Å²) in [6.07, 6.45) is 1.13. The first kappa shape index (κ1) is 12.5. The van der Waals surface area contributed by atoms with Crippen molar-refractivity contribution < 1.29 is 0 Å². The molecule has 1 aromatic carbocycles. The molecule has 5 heteroatoms. The maximum Gasteiger partial charge on any atom is 0.138 e. The smallest absolute Gasteiger partial charge is 0.138 e. The molecule has 0 aliphatic rings. The van der Waals surface area contributed by atoms with E-state index in [9.17, 15) is 0 Å². The van der Waals surface area contributed by atoms with Gasteiger partial charge < -0.3 is 0 Å². The van der Waals surface area contributed by atoms with Crippen molar-refractivity contribution in [3.63, 3.8) is 0 Å². The van der Waals surface area contributed by atoms with Gasteiger partial charge in [0.25, 0.3) is 0 Å². The molecule has 0 aliphatic heterocycles. The van der Waals surface area contributed by atoms with Crippen LogP contribution in [0, 0.1) is 56.7 Å². The molecule has 0 amide bonds. The Morgan fingerprint density at radius 1 is 0.889 bits per heavy atom. The summed E-state index contributed by atoms with van der Waals surface area (Å²) >= 11 is 0. The molecule has 0 aromatic heterocycles. The highest BCUT2D eigenvalue weighted by Crippen LogP contribution is 1.95. The van der Waals surface area contributed by atoms with Gasteiger partial charge in [0, 0.05) is 16.5 Å². The lowest BCUT2D eigenvalue weighted by molar-refractivity contribution is 1.38. The molecule has 0 atom stereocenters. The van der Waals surface area contributed by atoms with E-state index in [4.69, 9.17) is 26.3 Å². The largest absolute Gasteiger partial charge is 0.193 e. The Morgan fingerprint density at radius 2 is 1.50 bits per heavy atom. The summed E-state index contributed by atoms with van der Waals surface area (Å²) in [7, 11) is 0. The fourth-order valence-electron chi connectivity index (χ4n) is 1.35. The van der Waals surface area contributed by atoms with Crippen LogP contribution in [0.25, 0.3) is 11.6 Å². The fourth-order valence-corrected chi connectivity index (χ4v) is 1.35. The molecule has 1 aromatic rings. The van der Waals surface area contributed by atoms with Crippen LogP contribution in [0.3, 0.4) is 0 Å². The first-order chi connectivity index (χ1) is 8.71. The Balaban J connectivity index is 4.03. The molecule has 80 valence electrons. The second-order valence-electron chi connectivity index (χ2n) is 3.08. The first-order valence-electron chi connectivity index (χ1n) is 4.60. The molecular formula is C13H3N5. The van der Waals surface area contributed by atoms with Gasteiger partial charge in [0.1, 0.15) is 17.7 Å². The van der Waals surface area contributed by atoms with Crippen LogP contribution in [0.4, 0.5) is 0 Å². The van der Waals surface area contributed by atoms with Crippen molar-refractivity contribution in [2.75, 3.05) is 0 Å². The second-order valence-corrected chi connectivity index (χ2v) is 3.08. The van der Waals surface area contributed by atoms with Gasteiger partial charge in [-0.1, -0.05) is 0 Å². The lowest BCUT2D eigenvalue weighted by Crippen LogP contribution is -2.19. The van der Waals surface area contributed by atoms with E-state index in [2.05, 4.69) is 0 Å². The van der Waals surface area contributed by atoms with Gasteiger partial charge >= 0.3 is 0 Å². The van der Waals surface area contributed by atoms with E-state index in [1.165, 1.54) is 12.1 Å². The van der Waals surface area contributed by atoms with Crippen molar-refractivity contribution in [2.24, 2.45) is 0 Å². The summed E-state index contributed by atoms with van der Waals surface area (Å²) in [4.78, 5) is 0. The third-order valence-electron chi connectivity index (χ3n) is 2.14. The van der Waals surface area contributed by atoms with Gasteiger partial charge in [0.2, 0.25) is 0 Å². The normalized spacial score (nSPS) is 9.17. The monoisotopic (exact) mass is 229 g/mol. The summed E-state index contributed by atoms with van der Waals surface area (Å²) in [6, 6.07) is 11.4. The zero-order valence-corrected chi connectivity index (χ0v) is 8.97. The molecule has 0 fully saturated rings. The zero-order chi connectivity index (χ0) is 13.5. The van der Waals surface area contributed by atoms with E-state index < -0.39 is 0 Å². The molecule has 5 nitrogen and oxygen atoms in total. The van der Waals surface area contributed by atoms with Crippen molar-refractivity contribution in [1.82, 2.24) is 0 Å². The Kier molecular flexibility index (Phi) is 3.80. The Labute approximate surface area is 103 Å². The zero-order valence-electron chi connectivity index (χ0n) is 8.97. The number of benzene rings is 1. The lowest BCUT2D eigenvalue weighted by Gasteiger charge is -1.95. The topological polar surface area (TPSA) is 119 Å². The number of nitriles is 5. The number of rotatable bonds is 0. The molecule has 0 N–H and O–H groups in total. The SMILES string of the molecule is N#CC=c1cc(C#N)c(=C(C#N)C#N)cc1C#N. The first-order valence-corrected chi connectivity index (χ1v) is 4.60. The summed E-state index contributed by atoms with van der Waals surface area (Å²) in [6.45, 7) is 0. The lowest BCUT2D eigenvalue weighted by atomic mass is 10.0. The molecular weight excluding hydrogens is 226 g/mol. The molecule has 1 rings (SSSR count). The van der Waals surface area contributed by atoms with E-state index in [1.807, 2.05) is 12.1 Å². The number of nitrogens with zero attached hydrogens (tertiary/aromatic N) is 5. The average molecular weight is 229 g/mol. The van der Waals surface area contributed by atoms with E-state index in [0.717, 1.165) is 6.08 Å². The fraction of sp³-hybridized carbons (Fsp3) is 0. The summed E-state index contributed by atoms with van der Waals surface area (Å²) < 4.78 is 0. The van der Waals surface area contributed by atoms with Crippen molar-refractivity contribution >= 4 is 11.6 Å². The van der Waals surface area contributed by atoms with Crippen LogP contribution in [0.1, 0.15) is 11.1 Å². The van der Waals surface area contributed by atoms with Crippen molar-refractivity contribution in [1.29, 1.82) is 26.3 Å². The quantitative estimate of drug-likeness (QED) is 0.616. The Hall–Kier alpha value is -3.59. The van der Waals surface area contributed by atoms with Gasteiger partial charge in [-0.3, -0.25) is 0 Å². The van der Waals surface area contributed by atoms with Gasteiger partial charge in [-0.2, -0.15) is 26.3 Å². The Bertz CT molecular complexity index is 811. The van der Waals surface area contributed by atoms with E-state index in [0.29, 0.717) is 0 Å². The minimum atomic E-state index is -0.244. The van der Waals surface area contributed by atoms with Crippen LogP contribution >= 0.6 is 0 Å². The highest BCUT2D eigenvalue weighted by atomic mass is 14.3. The minimum Gasteiger partial charge on any atom is -0.193 e. The predicted octanol–water partition coefficient (Wildman–Crippen LogP) is -0.0681. The van der Waals surface area contributed by atoms with Crippen LogP contribution < -0.4 is 10.4 Å². The van der Waals surface area contributed by atoms with Crippen LogP contribution in [-0.2, 0) is 0 Å². The van der Waals surface area contributed by atoms with Crippen LogP contribution in [-0.4, -0.2) is 0 Å². The molecule has 0 unspecified atom stereocenters. The molecule has 0 radical (unpaired) electrons. The van der Waals surface area contributed by atoms with Crippen molar-refractivity contribution in [2.45, 2.75) is 0 Å². The molecule has 18 heavy (non-hydrogen) atoms. The predicted molar refractivity (Wildman–Crippen MR) is 59.8 cm³/mol. The van der Waals surface area contributed by atoms with E-state index in [-0.39, 0.29) is 27.1 Å². The van der Waals surface area contributed by atoms with Crippen LogP contribution in [0.15, 0.2) is 12.1 Å². The summed E-state index contributed by atoms with van der Waals surface area (Å²) in [5, 5.41) is 44.4. The van der Waals surface area contributed by atoms with Crippen molar-refractivity contribution in [3.05, 3.63) is 33.7 Å². The number of hydrogen-bond acceptors (Lipinski definition) is 5. The van der Waals surface area contributed by atoms with Crippen LogP contribution in [0.5, 0.6) is 0 Å². The maximum atomic E-state index is 8.95. The average Bonchev–Trinajstić information content (AvgIpc) is 2.41. The van der Waals surface area contributed by atoms with E-state index in [1.54, 1.807) is 18.2 Å². The van der Waals surface area contributed by atoms with E-state index >= 15 is 0 Å². The maximum absolute atomic E-state index is 8.95. The summed E-state index contributed by atoms with van der Waals surface area (Å²) in [5.41, 5.74) is -0.0336. The molecule has 0 heterocycles. The van der Waals surface area contributed by atoms with Gasteiger partial charge in [-0.25, -0.2) is 0 Å². The molecule has 0 spiro atoms. The third kappa shape index (κ3) is 2.15. The second kappa shape index (κ2) is 5.48. The van der Waals surface area contributed by atoms with Crippen LogP contribution in [0.2, 0.25) is 0 Å². The Morgan fingerprint density at radius 3 is 1.94 bits per heavy atom. The third-order valence-corrected chi connectivity index (χ3v) is 2.14. The van der Waals surface area contributed by atoms with Crippen molar-refractivity contribution in [3.8, 4) is 30.3 Å². The highest BCUT2D eigenvalue weighted by molar-refractivity contribution is 5.74. The summed E-state index contributed by atoms with van der Waals surface area (Å²) in [5.74, 6) is 0. The van der Waals surface area contributed by atoms with Gasteiger partial charge in [-0.05, 0) is 12.1 Å². The van der Waals surface area contributed by atoms with Gasteiger partial charge in [0.15, 0.2) is 0 Å². The standard InChI is InChI=1S/C13H3N5/c14-2-1-9-3-11(6-16)13(4-10(9)5-15)12(7-17)8-18/h1,3-4H.